The van der Waals surface area contributed by atoms with E-state index in [2.05, 4.69) is 27.0 Å². The van der Waals surface area contributed by atoms with Crippen LogP contribution in [0.2, 0.25) is 0 Å². The van der Waals surface area contributed by atoms with Gasteiger partial charge in [-0.2, -0.15) is 5.10 Å². The minimum absolute atomic E-state index is 0.103. The van der Waals surface area contributed by atoms with E-state index in [9.17, 15) is 27.9 Å². The molecule has 1 aliphatic rings. The highest BCUT2D eigenvalue weighted by Crippen LogP contribution is 2.28. The molecule has 0 radical (unpaired) electrons. The quantitative estimate of drug-likeness (QED) is 0.479. The number of benzene rings is 2. The van der Waals surface area contributed by atoms with Crippen molar-refractivity contribution in [2.45, 2.75) is 51.6 Å². The third-order valence-corrected chi connectivity index (χ3v) is 6.18. The van der Waals surface area contributed by atoms with E-state index in [1.165, 1.54) is 18.2 Å². The van der Waals surface area contributed by atoms with Gasteiger partial charge in [-0.25, -0.2) is 0 Å². The molecule has 0 bridgehead atoms. The first-order valence-corrected chi connectivity index (χ1v) is 11.4. The van der Waals surface area contributed by atoms with Crippen molar-refractivity contribution in [2.75, 3.05) is 0 Å². The Kier molecular flexibility index (Phi) is 7.20. The van der Waals surface area contributed by atoms with Gasteiger partial charge in [-0.15, -0.1) is 19.1 Å². The van der Waals surface area contributed by atoms with Gasteiger partial charge in [0.25, 0.3) is 5.91 Å². The number of aromatic nitrogens is 2. The Morgan fingerprint density at radius 1 is 1.19 bits per heavy atom. The summed E-state index contributed by atoms with van der Waals surface area (Å²) < 4.78 is 43.5. The van der Waals surface area contributed by atoms with Crippen molar-refractivity contribution in [3.8, 4) is 17.6 Å². The van der Waals surface area contributed by atoms with Gasteiger partial charge in [-0.05, 0) is 62.4 Å². The van der Waals surface area contributed by atoms with Crippen molar-refractivity contribution in [3.05, 3.63) is 59.3 Å². The largest absolute Gasteiger partial charge is 0.573 e. The number of carbonyl (C=O) groups excluding carboxylic acids is 1. The van der Waals surface area contributed by atoms with Gasteiger partial charge >= 0.3 is 12.3 Å². The molecule has 2 N–H and O–H groups in total. The molecular weight excluding hydrogens is 475 g/mol. The summed E-state index contributed by atoms with van der Waals surface area (Å²) in [7, 11) is 0. The van der Waals surface area contributed by atoms with Crippen LogP contribution in [0.5, 0.6) is 5.75 Å². The third kappa shape index (κ3) is 5.79. The fourth-order valence-electron chi connectivity index (χ4n) is 4.51. The van der Waals surface area contributed by atoms with Crippen LogP contribution < -0.4 is 10.1 Å². The monoisotopic (exact) mass is 499 g/mol. The van der Waals surface area contributed by atoms with Gasteiger partial charge in [0.1, 0.15) is 5.75 Å². The number of hydrogen-bond donors (Lipinski definition) is 2. The number of carboxylic acid groups (broad SMARTS) is 1. The fourth-order valence-corrected chi connectivity index (χ4v) is 4.51. The standard InChI is InChI=1S/C26H24F3N3O4/c1-2-4-17-9-12-21(24(33)31-19-10-7-18(8-11-19)25(34)35)23-22(17)14-30-32(23)15-16-5-3-6-20(13-16)36-26(27,28)29/h3,5-6,9,12-14,18-19H,7-8,10-11,15H2,1H3,(H,31,33)(H,34,35). The number of carbonyl (C=O) groups is 2. The molecule has 1 aliphatic carbocycles. The summed E-state index contributed by atoms with van der Waals surface area (Å²) in [5.41, 5.74) is 2.04. The molecule has 1 amide bonds. The van der Waals surface area contributed by atoms with E-state index in [1.807, 2.05) is 0 Å². The number of amides is 1. The van der Waals surface area contributed by atoms with Gasteiger partial charge in [0.15, 0.2) is 0 Å². The summed E-state index contributed by atoms with van der Waals surface area (Å²) in [6.07, 6.45) is -1.10. The van der Waals surface area contributed by atoms with Gasteiger partial charge in [-0.1, -0.05) is 18.1 Å². The van der Waals surface area contributed by atoms with E-state index in [0.717, 1.165) is 0 Å². The Morgan fingerprint density at radius 2 is 1.94 bits per heavy atom. The van der Waals surface area contributed by atoms with E-state index in [1.54, 1.807) is 36.0 Å². The molecule has 3 aromatic rings. The summed E-state index contributed by atoms with van der Waals surface area (Å²) in [6.45, 7) is 1.79. The maximum atomic E-state index is 13.3. The first-order chi connectivity index (χ1) is 17.1. The lowest BCUT2D eigenvalue weighted by Gasteiger charge is -2.27. The number of hydrogen-bond acceptors (Lipinski definition) is 4. The number of fused-ring (bicyclic) bond motifs is 1. The fraction of sp³-hybridized carbons (Fsp3) is 0.346. The maximum Gasteiger partial charge on any atom is 0.573 e. The molecule has 188 valence electrons. The SMILES string of the molecule is CC#Cc1ccc(C(=O)NC2CCC(C(=O)O)CC2)c2c1cnn2Cc1cccc(OC(F)(F)F)c1. The van der Waals surface area contributed by atoms with E-state index < -0.39 is 18.2 Å². The highest BCUT2D eigenvalue weighted by atomic mass is 19.4. The maximum absolute atomic E-state index is 13.3. The lowest BCUT2D eigenvalue weighted by atomic mass is 9.86. The van der Waals surface area contributed by atoms with Crippen molar-refractivity contribution >= 4 is 22.8 Å². The van der Waals surface area contributed by atoms with Crippen LogP contribution in [-0.4, -0.2) is 39.2 Å². The number of rotatable bonds is 6. The number of ether oxygens (including phenoxy) is 1. The van der Waals surface area contributed by atoms with Gasteiger partial charge in [0, 0.05) is 17.0 Å². The van der Waals surface area contributed by atoms with Crippen LogP contribution in [-0.2, 0) is 11.3 Å². The minimum Gasteiger partial charge on any atom is -0.481 e. The number of nitrogens with zero attached hydrogens (tertiary/aromatic N) is 2. The van der Waals surface area contributed by atoms with Crippen LogP contribution in [0.4, 0.5) is 13.2 Å². The predicted molar refractivity (Wildman–Crippen MR) is 125 cm³/mol. The van der Waals surface area contributed by atoms with E-state index in [4.69, 9.17) is 0 Å². The molecule has 1 saturated carbocycles. The number of carboxylic acids is 1. The topological polar surface area (TPSA) is 93.5 Å². The lowest BCUT2D eigenvalue weighted by Crippen LogP contribution is -2.38. The van der Waals surface area contributed by atoms with Crippen LogP contribution in [0, 0.1) is 17.8 Å². The summed E-state index contributed by atoms with van der Waals surface area (Å²) in [5, 5.41) is 17.2. The predicted octanol–water partition coefficient (Wildman–Crippen LogP) is 4.73. The average Bonchev–Trinajstić information content (AvgIpc) is 3.23. The molecule has 1 aromatic heterocycles. The second kappa shape index (κ2) is 10.3. The zero-order chi connectivity index (χ0) is 25.9. The summed E-state index contributed by atoms with van der Waals surface area (Å²) in [5.74, 6) is 3.94. The molecule has 0 unspecified atom stereocenters. The van der Waals surface area contributed by atoms with Crippen LogP contribution in [0.25, 0.3) is 10.9 Å². The van der Waals surface area contributed by atoms with Gasteiger partial charge < -0.3 is 15.2 Å². The van der Waals surface area contributed by atoms with Gasteiger partial charge in [0.2, 0.25) is 0 Å². The highest BCUT2D eigenvalue weighted by Gasteiger charge is 2.31. The molecule has 7 nitrogen and oxygen atoms in total. The van der Waals surface area contributed by atoms with Gasteiger partial charge in [0.05, 0.1) is 29.7 Å². The molecule has 0 atom stereocenters. The van der Waals surface area contributed by atoms with Crippen LogP contribution in [0.15, 0.2) is 42.6 Å². The van der Waals surface area contributed by atoms with Crippen LogP contribution >= 0.6 is 0 Å². The molecule has 4 rings (SSSR count). The second-order valence-corrected chi connectivity index (χ2v) is 8.66. The zero-order valence-electron chi connectivity index (χ0n) is 19.4. The zero-order valence-corrected chi connectivity index (χ0v) is 19.4. The number of nitrogens with one attached hydrogen (secondary N) is 1. The Bertz CT molecular complexity index is 1350. The first kappa shape index (κ1) is 25.1. The highest BCUT2D eigenvalue weighted by molar-refractivity contribution is 6.07. The Hall–Kier alpha value is -4.00. The smallest absolute Gasteiger partial charge is 0.481 e. The molecule has 0 spiro atoms. The Labute approximate surface area is 205 Å². The molecule has 0 aliphatic heterocycles. The molecule has 0 saturated heterocycles. The van der Waals surface area contributed by atoms with Crippen molar-refractivity contribution in [1.29, 1.82) is 0 Å². The molecule has 1 fully saturated rings. The number of halogens is 3. The molecule has 36 heavy (non-hydrogen) atoms. The third-order valence-electron chi connectivity index (χ3n) is 6.18. The Balaban J connectivity index is 1.63. The molecule has 10 heteroatoms. The van der Waals surface area contributed by atoms with E-state index >= 15 is 0 Å². The molecular formula is C26H24F3N3O4. The van der Waals surface area contributed by atoms with Crippen LogP contribution in [0.1, 0.15) is 54.1 Å². The lowest BCUT2D eigenvalue weighted by molar-refractivity contribution is -0.274. The van der Waals surface area contributed by atoms with Crippen molar-refractivity contribution in [3.63, 3.8) is 0 Å². The van der Waals surface area contributed by atoms with Crippen molar-refractivity contribution in [1.82, 2.24) is 15.1 Å². The molecule has 1 heterocycles. The van der Waals surface area contributed by atoms with Crippen LogP contribution in [0.3, 0.4) is 0 Å². The van der Waals surface area contributed by atoms with Crippen molar-refractivity contribution in [2.24, 2.45) is 5.92 Å². The minimum atomic E-state index is -4.81. The average molecular weight is 499 g/mol. The summed E-state index contributed by atoms with van der Waals surface area (Å²) in [6, 6.07) is 8.83. The summed E-state index contributed by atoms with van der Waals surface area (Å²) in [4.78, 5) is 24.5. The normalized spacial score (nSPS) is 17.8. The van der Waals surface area contributed by atoms with E-state index in [-0.39, 0.29) is 24.2 Å². The second-order valence-electron chi connectivity index (χ2n) is 8.66. The van der Waals surface area contributed by atoms with Crippen molar-refractivity contribution < 1.29 is 32.6 Å². The number of aliphatic carboxylic acids is 1. The summed E-state index contributed by atoms with van der Waals surface area (Å²) >= 11 is 0. The first-order valence-electron chi connectivity index (χ1n) is 11.4. The Morgan fingerprint density at radius 3 is 2.61 bits per heavy atom. The number of alkyl halides is 3. The van der Waals surface area contributed by atoms with Gasteiger partial charge in [-0.3, -0.25) is 14.3 Å². The van der Waals surface area contributed by atoms with E-state index in [0.29, 0.717) is 53.3 Å². The molecule has 2 aromatic carbocycles.